The molecule has 4 heterocycles. The maximum Gasteiger partial charge on any atom is 0.226 e. The van der Waals surface area contributed by atoms with Gasteiger partial charge in [-0.2, -0.15) is 0 Å². The monoisotopic (exact) mass is 350 g/mol. The first kappa shape index (κ1) is 15.0. The Balaban J connectivity index is 1.29. The van der Waals surface area contributed by atoms with E-state index in [0.717, 1.165) is 50.8 Å². The molecule has 1 amide bonds. The van der Waals surface area contributed by atoms with Crippen molar-refractivity contribution in [3.05, 3.63) is 5.51 Å². The minimum Gasteiger partial charge on any atom is -0.381 e. The normalized spacial score (nSPS) is 38.4. The molecule has 1 saturated carbocycles. The maximum atomic E-state index is 12.9. The van der Waals surface area contributed by atoms with Gasteiger partial charge >= 0.3 is 0 Å². The molecule has 7 nitrogen and oxygen atoms in total. The lowest BCUT2D eigenvalue weighted by molar-refractivity contribution is -0.154. The van der Waals surface area contributed by atoms with Crippen LogP contribution in [0.25, 0.3) is 0 Å². The summed E-state index contributed by atoms with van der Waals surface area (Å²) in [7, 11) is 0. The molecule has 130 valence electrons. The second-order valence-corrected chi connectivity index (χ2v) is 8.24. The van der Waals surface area contributed by atoms with Gasteiger partial charge in [-0.3, -0.25) is 4.79 Å². The molecular formula is C16H22N4O3S. The van der Waals surface area contributed by atoms with Gasteiger partial charge in [0.15, 0.2) is 0 Å². The molecule has 0 N–H and O–H groups in total. The maximum absolute atomic E-state index is 12.9. The Morgan fingerprint density at radius 1 is 1.29 bits per heavy atom. The molecule has 1 aliphatic carbocycles. The van der Waals surface area contributed by atoms with E-state index in [9.17, 15) is 4.79 Å². The first-order chi connectivity index (χ1) is 11.8. The van der Waals surface area contributed by atoms with E-state index in [2.05, 4.69) is 20.0 Å². The van der Waals surface area contributed by atoms with Crippen LogP contribution in [-0.2, 0) is 14.3 Å². The topological polar surface area (TPSA) is 67.8 Å². The van der Waals surface area contributed by atoms with Crippen LogP contribution >= 0.6 is 11.3 Å². The highest BCUT2D eigenvalue weighted by Gasteiger charge is 2.59. The SMILES string of the molecule is O=C(C1[C@H]2COC[C@@H]12)N1CCOC2(CCCN(c3nncs3)C2)C1. The van der Waals surface area contributed by atoms with Crippen LogP contribution in [0, 0.1) is 17.8 Å². The lowest BCUT2D eigenvalue weighted by Gasteiger charge is -2.48. The summed E-state index contributed by atoms with van der Waals surface area (Å²) >= 11 is 1.56. The highest BCUT2D eigenvalue weighted by molar-refractivity contribution is 7.13. The number of carbonyl (C=O) groups is 1. The molecule has 8 heteroatoms. The zero-order valence-corrected chi connectivity index (χ0v) is 14.4. The van der Waals surface area contributed by atoms with Crippen molar-refractivity contribution in [1.29, 1.82) is 0 Å². The van der Waals surface area contributed by atoms with Gasteiger partial charge in [0.2, 0.25) is 11.0 Å². The van der Waals surface area contributed by atoms with E-state index in [1.165, 1.54) is 0 Å². The Kier molecular flexibility index (Phi) is 3.53. The van der Waals surface area contributed by atoms with Crippen LogP contribution in [-0.4, -0.2) is 72.6 Å². The molecule has 0 aromatic carbocycles. The third-order valence-electron chi connectivity index (χ3n) is 5.96. The van der Waals surface area contributed by atoms with Crippen LogP contribution < -0.4 is 4.90 Å². The quantitative estimate of drug-likeness (QED) is 0.779. The summed E-state index contributed by atoms with van der Waals surface area (Å²) in [6.07, 6.45) is 2.07. The van der Waals surface area contributed by atoms with Crippen LogP contribution in [0.15, 0.2) is 5.51 Å². The fourth-order valence-corrected chi connectivity index (χ4v) is 5.25. The smallest absolute Gasteiger partial charge is 0.226 e. The minimum absolute atomic E-state index is 0.205. The number of amides is 1. The van der Waals surface area contributed by atoms with E-state index in [0.29, 0.717) is 30.9 Å². The highest BCUT2D eigenvalue weighted by atomic mass is 32.1. The molecule has 0 bridgehead atoms. The van der Waals surface area contributed by atoms with Gasteiger partial charge in [-0.15, -0.1) is 10.2 Å². The van der Waals surface area contributed by atoms with E-state index in [1.807, 2.05) is 0 Å². The summed E-state index contributed by atoms with van der Waals surface area (Å²) in [5.41, 5.74) is 1.51. The predicted octanol–water partition coefficient (Wildman–Crippen LogP) is 0.628. The zero-order valence-electron chi connectivity index (χ0n) is 13.6. The zero-order chi connectivity index (χ0) is 16.1. The van der Waals surface area contributed by atoms with Crippen molar-refractivity contribution >= 4 is 22.4 Å². The van der Waals surface area contributed by atoms with Gasteiger partial charge < -0.3 is 19.3 Å². The second kappa shape index (κ2) is 5.64. The Labute approximate surface area is 144 Å². The number of hydrogen-bond acceptors (Lipinski definition) is 7. The molecule has 2 unspecified atom stereocenters. The molecule has 1 spiro atoms. The third-order valence-corrected chi connectivity index (χ3v) is 6.71. The molecule has 4 fully saturated rings. The van der Waals surface area contributed by atoms with Crippen molar-refractivity contribution < 1.29 is 14.3 Å². The minimum atomic E-state index is -0.252. The predicted molar refractivity (Wildman–Crippen MR) is 87.9 cm³/mol. The number of hydrogen-bond donors (Lipinski definition) is 0. The summed E-state index contributed by atoms with van der Waals surface area (Å²) < 4.78 is 11.6. The third kappa shape index (κ3) is 2.43. The number of anilines is 1. The lowest BCUT2D eigenvalue weighted by atomic mass is 9.90. The molecule has 0 radical (unpaired) electrons. The largest absolute Gasteiger partial charge is 0.381 e. The molecule has 1 aromatic rings. The molecular weight excluding hydrogens is 328 g/mol. The second-order valence-electron chi connectivity index (χ2n) is 7.43. The van der Waals surface area contributed by atoms with Crippen molar-refractivity contribution in [2.45, 2.75) is 18.4 Å². The van der Waals surface area contributed by atoms with Gasteiger partial charge in [0.05, 0.1) is 32.9 Å². The van der Waals surface area contributed by atoms with Gasteiger partial charge in [0.25, 0.3) is 0 Å². The number of carbonyl (C=O) groups excluding carboxylic acids is 1. The van der Waals surface area contributed by atoms with Crippen LogP contribution in [0.4, 0.5) is 5.13 Å². The van der Waals surface area contributed by atoms with Crippen LogP contribution in [0.3, 0.4) is 0 Å². The number of morpholine rings is 1. The Hall–Kier alpha value is -1.25. The standard InChI is InChI=1S/C16H22N4O3S/c21-14(13-11-6-22-7-12(11)13)19-4-5-23-16(8-19)2-1-3-20(9-16)15-18-17-10-24-15/h10-13H,1-9H2/t11-,12+,13?,16?. The first-order valence-electron chi connectivity index (χ1n) is 8.77. The van der Waals surface area contributed by atoms with Crippen LogP contribution in [0.1, 0.15) is 12.8 Å². The number of nitrogens with zero attached hydrogens (tertiary/aromatic N) is 4. The van der Waals surface area contributed by atoms with E-state index in [-0.39, 0.29) is 11.5 Å². The van der Waals surface area contributed by atoms with Crippen molar-refractivity contribution in [2.75, 3.05) is 50.9 Å². The summed E-state index contributed by atoms with van der Waals surface area (Å²) in [4.78, 5) is 17.2. The van der Waals surface area contributed by atoms with E-state index < -0.39 is 0 Å². The van der Waals surface area contributed by atoms with Gasteiger partial charge in [0.1, 0.15) is 11.1 Å². The summed E-state index contributed by atoms with van der Waals surface area (Å²) in [5, 5.41) is 9.09. The van der Waals surface area contributed by atoms with Gasteiger partial charge in [0, 0.05) is 19.0 Å². The number of fused-ring (bicyclic) bond motifs is 1. The molecule has 24 heavy (non-hydrogen) atoms. The number of aromatic nitrogens is 2. The Morgan fingerprint density at radius 3 is 2.96 bits per heavy atom. The molecule has 3 aliphatic heterocycles. The number of piperidine rings is 1. The molecule has 5 rings (SSSR count). The van der Waals surface area contributed by atoms with Gasteiger partial charge in [-0.25, -0.2) is 0 Å². The van der Waals surface area contributed by atoms with Crippen LogP contribution in [0.2, 0.25) is 0 Å². The fourth-order valence-electron chi connectivity index (χ4n) is 4.66. The van der Waals surface area contributed by atoms with Crippen molar-refractivity contribution in [3.63, 3.8) is 0 Å². The average Bonchev–Trinajstić information content (AvgIpc) is 3.04. The average molecular weight is 350 g/mol. The van der Waals surface area contributed by atoms with E-state index in [4.69, 9.17) is 9.47 Å². The number of ether oxygens (including phenoxy) is 2. The lowest BCUT2D eigenvalue weighted by Crippen LogP contribution is -2.61. The van der Waals surface area contributed by atoms with E-state index >= 15 is 0 Å². The van der Waals surface area contributed by atoms with E-state index in [1.54, 1.807) is 16.8 Å². The summed E-state index contributed by atoms with van der Waals surface area (Å²) in [6.45, 7) is 5.37. The Morgan fingerprint density at radius 2 is 2.17 bits per heavy atom. The first-order valence-corrected chi connectivity index (χ1v) is 9.65. The Bertz CT molecular complexity index is 613. The number of rotatable bonds is 2. The molecule has 4 aliphatic rings. The van der Waals surface area contributed by atoms with Crippen molar-refractivity contribution in [1.82, 2.24) is 15.1 Å². The molecule has 4 atom stereocenters. The fraction of sp³-hybridized carbons (Fsp3) is 0.812. The molecule has 3 saturated heterocycles. The molecule has 1 aromatic heterocycles. The van der Waals surface area contributed by atoms with Crippen LogP contribution in [0.5, 0.6) is 0 Å². The summed E-state index contributed by atoms with van der Waals surface area (Å²) in [6, 6.07) is 0. The van der Waals surface area contributed by atoms with Gasteiger partial charge in [-0.1, -0.05) is 11.3 Å². The van der Waals surface area contributed by atoms with Crippen molar-refractivity contribution in [2.24, 2.45) is 17.8 Å². The van der Waals surface area contributed by atoms with Gasteiger partial charge in [-0.05, 0) is 24.7 Å². The highest BCUT2D eigenvalue weighted by Crippen LogP contribution is 2.51. The summed E-state index contributed by atoms with van der Waals surface area (Å²) in [5.74, 6) is 1.47. The van der Waals surface area contributed by atoms with Crippen molar-refractivity contribution in [3.8, 4) is 0 Å².